The Hall–Kier alpha value is -2.71. The van der Waals surface area contributed by atoms with Crippen LogP contribution in [-0.2, 0) is 4.79 Å². The van der Waals surface area contributed by atoms with Gasteiger partial charge in [-0.15, -0.1) is 10.2 Å². The van der Waals surface area contributed by atoms with Crippen LogP contribution in [0, 0.1) is 5.41 Å². The third-order valence-corrected chi connectivity index (χ3v) is 6.73. The number of hydrogen-bond acceptors (Lipinski definition) is 6. The van der Waals surface area contributed by atoms with Gasteiger partial charge in [0.2, 0.25) is 10.9 Å². The van der Waals surface area contributed by atoms with Crippen molar-refractivity contribution in [2.45, 2.75) is 38.1 Å². The minimum absolute atomic E-state index is 0.00461. The van der Waals surface area contributed by atoms with E-state index in [0.717, 1.165) is 15.2 Å². The van der Waals surface area contributed by atoms with Crippen LogP contribution in [0.4, 0.5) is 5.69 Å². The number of Topliss-reactive ketones (excluding diaryl/α,β-unsaturated/α-hetero) is 1. The lowest BCUT2D eigenvalue weighted by atomic mass is 9.95. The minimum Gasteiger partial charge on any atom is -0.326 e. The van der Waals surface area contributed by atoms with Crippen molar-refractivity contribution >= 4 is 55.7 Å². The molecule has 0 bridgehead atoms. The first-order chi connectivity index (χ1) is 14.2. The van der Waals surface area contributed by atoms with Crippen LogP contribution in [0.25, 0.3) is 15.2 Å². The van der Waals surface area contributed by atoms with E-state index < -0.39 is 5.41 Å². The van der Waals surface area contributed by atoms with E-state index in [1.54, 1.807) is 35.6 Å². The number of carbonyl (C=O) groups excluding carboxylic acids is 2. The highest BCUT2D eigenvalue weighted by Crippen LogP contribution is 2.32. The molecule has 0 aliphatic carbocycles. The highest BCUT2D eigenvalue weighted by Gasteiger charge is 2.23. The number of nitrogens with one attached hydrogen (secondary N) is 1. The summed E-state index contributed by atoms with van der Waals surface area (Å²) in [5.74, 6) is -0.0608. The van der Waals surface area contributed by atoms with Crippen LogP contribution >= 0.6 is 23.1 Å². The Morgan fingerprint density at radius 1 is 1.07 bits per heavy atom. The predicted octanol–water partition coefficient (Wildman–Crippen LogP) is 5.29. The van der Waals surface area contributed by atoms with Gasteiger partial charge in [-0.05, 0) is 43.3 Å². The number of benzene rings is 2. The highest BCUT2D eigenvalue weighted by molar-refractivity contribution is 8.00. The van der Waals surface area contributed by atoms with E-state index >= 15 is 0 Å². The molecule has 4 rings (SSSR count). The van der Waals surface area contributed by atoms with Crippen molar-refractivity contribution < 1.29 is 9.59 Å². The first kappa shape index (κ1) is 20.6. The van der Waals surface area contributed by atoms with Gasteiger partial charge in [-0.3, -0.25) is 14.0 Å². The molecule has 8 heteroatoms. The largest absolute Gasteiger partial charge is 0.326 e. The van der Waals surface area contributed by atoms with E-state index in [1.165, 1.54) is 11.8 Å². The number of ketones is 1. The Morgan fingerprint density at radius 2 is 1.77 bits per heavy atom. The van der Waals surface area contributed by atoms with E-state index in [4.69, 9.17) is 0 Å². The molecule has 0 aliphatic heterocycles. The second-order valence-electron chi connectivity index (χ2n) is 8.08. The SMILES string of the molecule is CC(Sc1nnc2sc3ccccc3n12)C(=O)c1ccc(NC(=O)C(C)(C)C)cc1. The standard InChI is InChI=1S/C22H22N4O2S2/c1-13(18(27)14-9-11-15(12-10-14)23-19(28)22(2,3)4)29-20-24-25-21-26(20)16-7-5-6-8-17(16)30-21/h5-13H,1-4H3,(H,23,28). The zero-order valence-electron chi connectivity index (χ0n) is 17.2. The number of rotatable bonds is 5. The summed E-state index contributed by atoms with van der Waals surface area (Å²) in [5, 5.41) is 11.8. The lowest BCUT2D eigenvalue weighted by Crippen LogP contribution is -2.27. The first-order valence-electron chi connectivity index (χ1n) is 9.59. The molecule has 0 fully saturated rings. The van der Waals surface area contributed by atoms with Gasteiger partial charge in [0.05, 0.1) is 15.5 Å². The van der Waals surface area contributed by atoms with Crippen LogP contribution in [0.5, 0.6) is 0 Å². The second-order valence-corrected chi connectivity index (χ2v) is 10.4. The smallest absolute Gasteiger partial charge is 0.229 e. The number of thioether (sulfide) groups is 1. The number of hydrogen-bond donors (Lipinski definition) is 1. The Kier molecular flexibility index (Phi) is 5.38. The Bertz CT molecular complexity index is 1240. The van der Waals surface area contributed by atoms with Crippen LogP contribution in [0.3, 0.4) is 0 Å². The van der Waals surface area contributed by atoms with Crippen LogP contribution in [0.1, 0.15) is 38.1 Å². The van der Waals surface area contributed by atoms with Crippen molar-refractivity contribution in [3.63, 3.8) is 0 Å². The van der Waals surface area contributed by atoms with Gasteiger partial charge in [0.1, 0.15) is 0 Å². The molecule has 1 atom stereocenters. The van der Waals surface area contributed by atoms with Crippen LogP contribution in [0.2, 0.25) is 0 Å². The van der Waals surface area contributed by atoms with Crippen molar-refractivity contribution in [3.05, 3.63) is 54.1 Å². The van der Waals surface area contributed by atoms with Crippen molar-refractivity contribution in [1.29, 1.82) is 0 Å². The number of thiazole rings is 1. The summed E-state index contributed by atoms with van der Waals surface area (Å²) in [6, 6.07) is 15.1. The Balaban J connectivity index is 1.50. The van der Waals surface area contributed by atoms with E-state index in [0.29, 0.717) is 16.4 Å². The molecule has 2 aromatic heterocycles. The fourth-order valence-corrected chi connectivity index (χ4v) is 4.87. The van der Waals surface area contributed by atoms with Gasteiger partial charge in [-0.1, -0.05) is 56.0 Å². The van der Waals surface area contributed by atoms with Crippen LogP contribution in [-0.4, -0.2) is 31.5 Å². The molecule has 0 spiro atoms. The normalized spacial score (nSPS) is 12.9. The molecular formula is C22H22N4O2S2. The molecule has 0 saturated heterocycles. The van der Waals surface area contributed by atoms with Crippen molar-refractivity contribution in [2.24, 2.45) is 5.41 Å². The molecule has 154 valence electrons. The van der Waals surface area contributed by atoms with Crippen molar-refractivity contribution in [1.82, 2.24) is 14.6 Å². The molecule has 1 N–H and O–H groups in total. The van der Waals surface area contributed by atoms with E-state index in [1.807, 2.05) is 50.3 Å². The summed E-state index contributed by atoms with van der Waals surface area (Å²) in [7, 11) is 0. The molecule has 2 heterocycles. The summed E-state index contributed by atoms with van der Waals surface area (Å²) in [6.07, 6.45) is 0. The molecule has 0 radical (unpaired) electrons. The zero-order valence-corrected chi connectivity index (χ0v) is 18.8. The second kappa shape index (κ2) is 7.85. The van der Waals surface area contributed by atoms with Gasteiger partial charge in [0.15, 0.2) is 10.9 Å². The molecule has 0 aliphatic rings. The maximum Gasteiger partial charge on any atom is 0.229 e. The predicted molar refractivity (Wildman–Crippen MR) is 123 cm³/mol. The minimum atomic E-state index is -0.477. The summed E-state index contributed by atoms with van der Waals surface area (Å²) >= 11 is 2.98. The lowest BCUT2D eigenvalue weighted by Gasteiger charge is -2.17. The topological polar surface area (TPSA) is 76.4 Å². The zero-order chi connectivity index (χ0) is 21.5. The van der Waals surface area contributed by atoms with Gasteiger partial charge in [0.25, 0.3) is 0 Å². The first-order valence-corrected chi connectivity index (χ1v) is 11.3. The number of anilines is 1. The molecule has 0 saturated carbocycles. The Morgan fingerprint density at radius 3 is 2.47 bits per heavy atom. The highest BCUT2D eigenvalue weighted by atomic mass is 32.2. The van der Waals surface area contributed by atoms with Gasteiger partial charge in [-0.2, -0.15) is 0 Å². The fraction of sp³-hybridized carbons (Fsp3) is 0.273. The summed E-state index contributed by atoms with van der Waals surface area (Å²) in [5.41, 5.74) is 1.84. The van der Waals surface area contributed by atoms with Crippen LogP contribution in [0.15, 0.2) is 53.7 Å². The number of aromatic nitrogens is 3. The van der Waals surface area contributed by atoms with E-state index in [-0.39, 0.29) is 16.9 Å². The molecular weight excluding hydrogens is 416 g/mol. The quantitative estimate of drug-likeness (QED) is 0.338. The Labute approximate surface area is 182 Å². The van der Waals surface area contributed by atoms with E-state index in [2.05, 4.69) is 21.6 Å². The van der Waals surface area contributed by atoms with Gasteiger partial charge >= 0.3 is 0 Å². The van der Waals surface area contributed by atoms with E-state index in [9.17, 15) is 9.59 Å². The summed E-state index contributed by atoms with van der Waals surface area (Å²) in [4.78, 5) is 25.9. The molecule has 6 nitrogen and oxygen atoms in total. The van der Waals surface area contributed by atoms with Crippen molar-refractivity contribution in [3.8, 4) is 0 Å². The number of amides is 1. The van der Waals surface area contributed by atoms with Crippen LogP contribution < -0.4 is 5.32 Å². The number of carbonyl (C=O) groups is 2. The molecule has 1 unspecified atom stereocenters. The number of para-hydroxylation sites is 1. The average molecular weight is 439 g/mol. The molecule has 1 amide bonds. The molecule has 30 heavy (non-hydrogen) atoms. The van der Waals surface area contributed by atoms with Crippen molar-refractivity contribution in [2.75, 3.05) is 5.32 Å². The van der Waals surface area contributed by atoms with Gasteiger partial charge in [-0.25, -0.2) is 0 Å². The fourth-order valence-electron chi connectivity index (χ4n) is 2.91. The third-order valence-electron chi connectivity index (χ3n) is 4.67. The van der Waals surface area contributed by atoms with Gasteiger partial charge in [0, 0.05) is 16.7 Å². The maximum absolute atomic E-state index is 12.9. The lowest BCUT2D eigenvalue weighted by molar-refractivity contribution is -0.123. The molecule has 2 aromatic carbocycles. The van der Waals surface area contributed by atoms with Gasteiger partial charge < -0.3 is 5.32 Å². The monoisotopic (exact) mass is 438 g/mol. The summed E-state index contributed by atoms with van der Waals surface area (Å²) < 4.78 is 3.13. The summed E-state index contributed by atoms with van der Waals surface area (Å²) in [6.45, 7) is 7.45. The number of fused-ring (bicyclic) bond motifs is 3. The average Bonchev–Trinajstić information content (AvgIpc) is 3.27. The third kappa shape index (κ3) is 3.97. The maximum atomic E-state index is 12.9. The number of nitrogens with zero attached hydrogens (tertiary/aromatic N) is 3. The molecule has 4 aromatic rings.